The lowest BCUT2D eigenvalue weighted by atomic mass is 10.0. The van der Waals surface area contributed by atoms with E-state index in [1.807, 2.05) is 45.0 Å². The first kappa shape index (κ1) is 22.7. The number of benzene rings is 1. The van der Waals surface area contributed by atoms with E-state index in [4.69, 9.17) is 4.74 Å². The molecule has 1 fully saturated rings. The van der Waals surface area contributed by atoms with Crippen LogP contribution in [0.25, 0.3) is 0 Å². The number of carbonyl (C=O) groups excluding carboxylic acids is 1. The zero-order valence-corrected chi connectivity index (χ0v) is 18.1. The van der Waals surface area contributed by atoms with Gasteiger partial charge in [-0.2, -0.15) is 9.57 Å². The molecule has 1 aliphatic heterocycles. The fourth-order valence-electron chi connectivity index (χ4n) is 3.13. The maximum absolute atomic E-state index is 12.6. The van der Waals surface area contributed by atoms with Crippen LogP contribution < -0.4 is 10.1 Å². The van der Waals surface area contributed by atoms with E-state index in [0.717, 1.165) is 11.1 Å². The van der Waals surface area contributed by atoms with Crippen molar-refractivity contribution < 1.29 is 17.9 Å². The molecule has 9 heteroatoms. The number of nitriles is 1. The Bertz CT molecular complexity index is 913. The molecule has 0 bridgehead atoms. The monoisotopic (exact) mass is 420 g/mol. The summed E-state index contributed by atoms with van der Waals surface area (Å²) < 4.78 is 30.2. The smallest absolute Gasteiger partial charge is 0.263 e. The number of rotatable bonds is 7. The molecule has 1 N–H and O–H groups in total. The third-order valence-corrected chi connectivity index (χ3v) is 6.00. The van der Waals surface area contributed by atoms with Crippen LogP contribution in [0.15, 0.2) is 30.0 Å². The number of hydrogen-bond donors (Lipinski definition) is 1. The first-order chi connectivity index (χ1) is 13.7. The minimum atomic E-state index is -3.23. The van der Waals surface area contributed by atoms with Crippen molar-refractivity contribution in [3.63, 3.8) is 0 Å². The van der Waals surface area contributed by atoms with Gasteiger partial charge in [-0.05, 0) is 26.8 Å². The van der Waals surface area contributed by atoms with Crippen LogP contribution in [0.4, 0.5) is 0 Å². The highest BCUT2D eigenvalue weighted by Crippen LogP contribution is 2.26. The molecular formula is C20H28N4O4S. The van der Waals surface area contributed by atoms with Gasteiger partial charge in [0.1, 0.15) is 17.4 Å². The van der Waals surface area contributed by atoms with Gasteiger partial charge in [0, 0.05) is 37.9 Å². The van der Waals surface area contributed by atoms with E-state index in [1.165, 1.54) is 16.8 Å². The Morgan fingerprint density at radius 2 is 2.00 bits per heavy atom. The summed E-state index contributed by atoms with van der Waals surface area (Å²) in [4.78, 5) is 14.4. The first-order valence-corrected chi connectivity index (χ1v) is 11.4. The van der Waals surface area contributed by atoms with Gasteiger partial charge in [0.15, 0.2) is 0 Å². The Morgan fingerprint density at radius 1 is 1.34 bits per heavy atom. The zero-order chi connectivity index (χ0) is 21.6. The Morgan fingerprint density at radius 3 is 2.55 bits per heavy atom. The Hall–Kier alpha value is -2.57. The molecule has 1 aromatic rings. The number of nitrogens with one attached hydrogen (secondary N) is 1. The zero-order valence-electron chi connectivity index (χ0n) is 17.3. The van der Waals surface area contributed by atoms with Crippen LogP contribution in [-0.2, 0) is 14.8 Å². The number of nitrogens with zero attached hydrogens (tertiary/aromatic N) is 3. The molecule has 2 rings (SSSR count). The van der Waals surface area contributed by atoms with E-state index in [2.05, 4.69) is 5.32 Å². The number of hydrogen-bond acceptors (Lipinski definition) is 6. The van der Waals surface area contributed by atoms with Crippen molar-refractivity contribution in [3.05, 3.63) is 41.1 Å². The normalized spacial score (nSPS) is 16.8. The molecule has 0 saturated carbocycles. The van der Waals surface area contributed by atoms with Crippen LogP contribution in [0, 0.1) is 18.3 Å². The largest absolute Gasteiger partial charge is 0.494 e. The summed E-state index contributed by atoms with van der Waals surface area (Å²) in [7, 11) is -3.23. The van der Waals surface area contributed by atoms with Crippen molar-refractivity contribution >= 4 is 15.9 Å². The van der Waals surface area contributed by atoms with Crippen molar-refractivity contribution in [2.75, 3.05) is 39.0 Å². The number of aryl methyl sites for hydroxylation is 1. The minimum Gasteiger partial charge on any atom is -0.494 e. The average molecular weight is 421 g/mol. The lowest BCUT2D eigenvalue weighted by Crippen LogP contribution is -2.46. The summed E-state index contributed by atoms with van der Waals surface area (Å²) in [6.45, 7) is 7.72. The van der Waals surface area contributed by atoms with Gasteiger partial charge in [0.2, 0.25) is 10.0 Å². The third-order valence-electron chi connectivity index (χ3n) is 4.70. The number of ether oxygens (including phenoxy) is 1. The summed E-state index contributed by atoms with van der Waals surface area (Å²) in [5, 5.41) is 12.3. The van der Waals surface area contributed by atoms with Crippen molar-refractivity contribution in [2.45, 2.75) is 26.8 Å². The number of amides is 1. The third kappa shape index (κ3) is 6.21. The van der Waals surface area contributed by atoms with Crippen LogP contribution in [0.3, 0.4) is 0 Å². The molecular weight excluding hydrogens is 392 g/mol. The van der Waals surface area contributed by atoms with Crippen LogP contribution in [0.1, 0.15) is 31.0 Å². The second-order valence-corrected chi connectivity index (χ2v) is 9.00. The lowest BCUT2D eigenvalue weighted by Gasteiger charge is -2.32. The molecule has 1 aliphatic rings. The van der Waals surface area contributed by atoms with E-state index >= 15 is 0 Å². The molecule has 1 saturated heterocycles. The molecule has 0 aliphatic carbocycles. The lowest BCUT2D eigenvalue weighted by molar-refractivity contribution is -0.117. The van der Waals surface area contributed by atoms with E-state index in [0.29, 0.717) is 38.5 Å². The maximum atomic E-state index is 12.6. The predicted octanol–water partition coefficient (Wildman–Crippen LogP) is 1.56. The first-order valence-electron chi connectivity index (χ1n) is 9.51. The average Bonchev–Trinajstić information content (AvgIpc) is 2.67. The van der Waals surface area contributed by atoms with Gasteiger partial charge >= 0.3 is 0 Å². The Balaban J connectivity index is 2.08. The van der Waals surface area contributed by atoms with Crippen LogP contribution >= 0.6 is 0 Å². The molecule has 1 amide bonds. The number of piperazine rings is 1. The summed E-state index contributed by atoms with van der Waals surface area (Å²) in [5.41, 5.74) is 1.87. The molecule has 1 heterocycles. The predicted molar refractivity (Wildman–Crippen MR) is 111 cm³/mol. The van der Waals surface area contributed by atoms with Crippen LogP contribution in [0.5, 0.6) is 5.75 Å². The van der Waals surface area contributed by atoms with Gasteiger partial charge in [0.05, 0.1) is 18.9 Å². The molecule has 0 aromatic heterocycles. The van der Waals surface area contributed by atoms with E-state index in [-0.39, 0.29) is 11.6 Å². The molecule has 0 spiro atoms. The van der Waals surface area contributed by atoms with Crippen LogP contribution in [-0.4, -0.2) is 62.6 Å². The van der Waals surface area contributed by atoms with Gasteiger partial charge in [0.25, 0.3) is 5.91 Å². The van der Waals surface area contributed by atoms with E-state index in [9.17, 15) is 18.5 Å². The summed E-state index contributed by atoms with van der Waals surface area (Å²) in [5.74, 6) is 0.222. The summed E-state index contributed by atoms with van der Waals surface area (Å²) in [6.07, 6.45) is 2.68. The van der Waals surface area contributed by atoms with Crippen molar-refractivity contribution in [2.24, 2.45) is 0 Å². The van der Waals surface area contributed by atoms with Gasteiger partial charge in [-0.15, -0.1) is 0 Å². The fourth-order valence-corrected chi connectivity index (χ4v) is 3.96. The minimum absolute atomic E-state index is 0.0183. The highest BCUT2D eigenvalue weighted by atomic mass is 32.2. The standard InChI is InChI=1S/C20H28N4O4S/c1-5-28-19-7-6-15(2)12-18(19)16(3)22-20(25)17(13-21)14-23-8-10-24(11-9-23)29(4,26)27/h6-7,12,14,16H,5,8-11H2,1-4H3,(H,22,25)/b17-14-. The molecule has 1 atom stereocenters. The molecule has 0 radical (unpaired) electrons. The second kappa shape index (κ2) is 9.76. The number of carbonyl (C=O) groups is 1. The summed E-state index contributed by atoms with van der Waals surface area (Å²) in [6, 6.07) is 7.37. The fraction of sp³-hybridized carbons (Fsp3) is 0.500. The maximum Gasteiger partial charge on any atom is 0.263 e. The van der Waals surface area contributed by atoms with Gasteiger partial charge in [-0.3, -0.25) is 4.79 Å². The SMILES string of the molecule is CCOc1ccc(C)cc1C(C)NC(=O)/C(C#N)=C\N1CCN(S(C)(=O)=O)CC1. The van der Waals surface area contributed by atoms with Gasteiger partial charge in [-0.1, -0.05) is 17.7 Å². The second-order valence-electron chi connectivity index (χ2n) is 7.02. The topological polar surface area (TPSA) is 103 Å². The Labute approximate surface area is 172 Å². The molecule has 1 unspecified atom stereocenters. The highest BCUT2D eigenvalue weighted by molar-refractivity contribution is 7.88. The summed E-state index contributed by atoms with van der Waals surface area (Å²) >= 11 is 0. The van der Waals surface area contributed by atoms with Crippen molar-refractivity contribution in [1.82, 2.24) is 14.5 Å². The molecule has 29 heavy (non-hydrogen) atoms. The van der Waals surface area contributed by atoms with Gasteiger partial charge < -0.3 is 15.0 Å². The quantitative estimate of drug-likeness (QED) is 0.530. The molecule has 1 aromatic carbocycles. The molecule has 8 nitrogen and oxygen atoms in total. The van der Waals surface area contributed by atoms with Crippen molar-refractivity contribution in [3.8, 4) is 11.8 Å². The van der Waals surface area contributed by atoms with Gasteiger partial charge in [-0.25, -0.2) is 8.42 Å². The number of sulfonamides is 1. The Kier molecular flexibility index (Phi) is 7.65. The van der Waals surface area contributed by atoms with Crippen LogP contribution in [0.2, 0.25) is 0 Å². The molecule has 158 valence electrons. The van der Waals surface area contributed by atoms with Crippen molar-refractivity contribution in [1.29, 1.82) is 5.26 Å². The van der Waals surface area contributed by atoms with E-state index in [1.54, 1.807) is 4.90 Å². The highest BCUT2D eigenvalue weighted by Gasteiger charge is 2.23. The van der Waals surface area contributed by atoms with E-state index < -0.39 is 15.9 Å².